The Kier molecular flexibility index (Phi) is 13.3. The number of aliphatic hydroxyl groups is 15. The largest absolute Gasteiger partial charge is 0.394 e. The number of hydrogen-bond acceptors (Lipinski definition) is 18. The smallest absolute Gasteiger partial charge is 0.226 e. The summed E-state index contributed by atoms with van der Waals surface area (Å²) in [6.07, 6.45) is -21.1. The molecule has 3 aliphatic heterocycles. The van der Waals surface area contributed by atoms with Crippen molar-refractivity contribution in [2.75, 3.05) is 19.8 Å². The minimum Gasteiger partial charge on any atom is -0.394 e. The predicted molar refractivity (Wildman–Crippen MR) is 220 cm³/mol. The van der Waals surface area contributed by atoms with E-state index in [0.29, 0.717) is 5.56 Å². The topological polar surface area (TPSA) is 331 Å². The van der Waals surface area contributed by atoms with Crippen LogP contribution in [0.2, 0.25) is 0 Å². The standard InChI is InChI=1S/C46H56O18/c1-25-17-30(45(60)42(57,20-27-13-7-3-8-14-27)39(54)36(51)33(23-48)63-45)31(46(61)43(58,21-28-15-9-4-10-16-28)40(55)37(52)34(24-49)64-46)18-29(25)44(59)41(56,19-26-11-5-2-6-12-26)38(53)35(50)32(22-47)62-44/h2-18,32-40,47-61H,19-24H2,1H3/t32-,33-,34-,35+,36+,37+,38+,39+,40+,41-,42-,43-,44-,45-,46-/m1/s1. The lowest BCUT2D eigenvalue weighted by molar-refractivity contribution is -0.410. The summed E-state index contributed by atoms with van der Waals surface area (Å²) in [5.74, 6) is -10.2. The number of hydrogen-bond donors (Lipinski definition) is 15. The molecule has 3 aliphatic rings. The molecule has 0 unspecified atom stereocenters. The average Bonchev–Trinajstić information content (AvgIpc) is 3.29. The molecule has 4 aromatic rings. The molecular formula is C46H56O18. The van der Waals surface area contributed by atoms with Gasteiger partial charge >= 0.3 is 0 Å². The molecule has 0 spiro atoms. The third-order valence-corrected chi connectivity index (χ3v) is 13.3. The maximum absolute atomic E-state index is 13.3. The fourth-order valence-electron chi connectivity index (χ4n) is 9.59. The highest BCUT2D eigenvalue weighted by Crippen LogP contribution is 2.55. The van der Waals surface area contributed by atoms with Crippen LogP contribution in [0.4, 0.5) is 0 Å². The van der Waals surface area contributed by atoms with Crippen LogP contribution in [-0.2, 0) is 50.8 Å². The summed E-state index contributed by atoms with van der Waals surface area (Å²) in [5, 5.41) is 178. The average molecular weight is 897 g/mol. The molecule has 4 aromatic carbocycles. The van der Waals surface area contributed by atoms with E-state index in [-0.39, 0.29) is 16.7 Å². The molecule has 348 valence electrons. The molecule has 18 heteroatoms. The summed E-state index contributed by atoms with van der Waals surface area (Å²) >= 11 is 0. The molecule has 3 fully saturated rings. The Morgan fingerprint density at radius 1 is 0.406 bits per heavy atom. The van der Waals surface area contributed by atoms with Crippen molar-refractivity contribution in [3.8, 4) is 0 Å². The van der Waals surface area contributed by atoms with Gasteiger partial charge in [0, 0.05) is 36.0 Å². The number of aliphatic hydroxyl groups excluding tert-OH is 9. The molecule has 0 radical (unpaired) electrons. The Hall–Kier alpha value is -3.84. The fourth-order valence-corrected chi connectivity index (χ4v) is 9.59. The first kappa shape index (κ1) is 48.1. The molecule has 3 saturated heterocycles. The van der Waals surface area contributed by atoms with Crippen molar-refractivity contribution in [3.63, 3.8) is 0 Å². The van der Waals surface area contributed by atoms with Gasteiger partial charge in [0.05, 0.1) is 19.8 Å². The summed E-state index contributed by atoms with van der Waals surface area (Å²) in [4.78, 5) is 0. The third kappa shape index (κ3) is 7.50. The highest BCUT2D eigenvalue weighted by molar-refractivity contribution is 5.50. The first-order valence-corrected chi connectivity index (χ1v) is 20.8. The van der Waals surface area contributed by atoms with Crippen LogP contribution in [0.25, 0.3) is 0 Å². The van der Waals surface area contributed by atoms with E-state index in [0.717, 1.165) is 12.1 Å². The van der Waals surface area contributed by atoms with Crippen LogP contribution in [-0.4, -0.2) is 168 Å². The Labute approximate surface area is 367 Å². The molecule has 18 nitrogen and oxygen atoms in total. The van der Waals surface area contributed by atoms with Gasteiger partial charge in [-0.2, -0.15) is 0 Å². The van der Waals surface area contributed by atoms with Gasteiger partial charge in [0.2, 0.25) is 17.4 Å². The van der Waals surface area contributed by atoms with Crippen molar-refractivity contribution in [3.05, 3.63) is 142 Å². The van der Waals surface area contributed by atoms with Crippen molar-refractivity contribution < 1.29 is 90.8 Å². The lowest BCUT2D eigenvalue weighted by atomic mass is 9.66. The van der Waals surface area contributed by atoms with Crippen molar-refractivity contribution in [1.82, 2.24) is 0 Å². The summed E-state index contributed by atoms with van der Waals surface area (Å²) in [6.45, 7) is -1.95. The van der Waals surface area contributed by atoms with Crippen LogP contribution >= 0.6 is 0 Å². The third-order valence-electron chi connectivity index (χ3n) is 13.3. The molecular weight excluding hydrogens is 840 g/mol. The minimum absolute atomic E-state index is 0.219. The van der Waals surface area contributed by atoms with Gasteiger partial charge in [-0.3, -0.25) is 0 Å². The Balaban J connectivity index is 1.58. The van der Waals surface area contributed by atoms with E-state index in [4.69, 9.17) is 14.2 Å². The van der Waals surface area contributed by atoms with E-state index in [1.54, 1.807) is 54.6 Å². The van der Waals surface area contributed by atoms with Gasteiger partial charge in [-0.1, -0.05) is 91.0 Å². The van der Waals surface area contributed by atoms with Gasteiger partial charge in [0.25, 0.3) is 0 Å². The molecule has 64 heavy (non-hydrogen) atoms. The molecule has 15 atom stereocenters. The van der Waals surface area contributed by atoms with Gasteiger partial charge in [0.15, 0.2) is 16.8 Å². The summed E-state index contributed by atoms with van der Waals surface area (Å²) < 4.78 is 17.9. The van der Waals surface area contributed by atoms with E-state index in [9.17, 15) is 76.6 Å². The fraction of sp³-hybridized carbons (Fsp3) is 0.478. The maximum Gasteiger partial charge on any atom is 0.226 e. The van der Waals surface area contributed by atoms with Gasteiger partial charge < -0.3 is 90.8 Å². The molecule has 0 aromatic heterocycles. The van der Waals surface area contributed by atoms with Crippen LogP contribution in [0.1, 0.15) is 38.9 Å². The van der Waals surface area contributed by atoms with Crippen LogP contribution in [0.5, 0.6) is 0 Å². The molecule has 0 bridgehead atoms. The zero-order valence-electron chi connectivity index (χ0n) is 34.7. The first-order chi connectivity index (χ1) is 30.2. The van der Waals surface area contributed by atoms with Crippen LogP contribution in [0, 0.1) is 6.92 Å². The maximum atomic E-state index is 13.3. The second kappa shape index (κ2) is 17.8. The van der Waals surface area contributed by atoms with Gasteiger partial charge in [0.1, 0.15) is 54.9 Å². The zero-order valence-corrected chi connectivity index (χ0v) is 34.7. The van der Waals surface area contributed by atoms with E-state index in [1.807, 2.05) is 0 Å². The highest BCUT2D eigenvalue weighted by atomic mass is 16.7. The van der Waals surface area contributed by atoms with E-state index in [2.05, 4.69) is 0 Å². The number of rotatable bonds is 12. The SMILES string of the molecule is Cc1cc([C@@]2(O)O[C@H](CO)[C@H](O)[C@H](O)[C@]2(O)Cc2ccccc2)c([C@@]2(O)O[C@H](CO)[C@H](O)[C@H](O)[C@]2(O)Cc2ccccc2)cc1[C@@]1(O)O[C@H](CO)[C@H](O)[C@H](O)[C@]1(O)Cc1ccccc1. The molecule has 7 rings (SSSR count). The van der Waals surface area contributed by atoms with Crippen molar-refractivity contribution in [1.29, 1.82) is 0 Å². The molecule has 0 saturated carbocycles. The Bertz CT molecular complexity index is 2220. The van der Waals surface area contributed by atoms with Gasteiger partial charge in [-0.15, -0.1) is 0 Å². The summed E-state index contributed by atoms with van der Waals surface area (Å²) in [7, 11) is 0. The van der Waals surface area contributed by atoms with Crippen molar-refractivity contribution >= 4 is 0 Å². The van der Waals surface area contributed by atoms with E-state index in [1.165, 1.54) is 43.3 Å². The number of aryl methyl sites for hydroxylation is 1. The normalized spacial score (nSPS) is 40.3. The molecule has 3 heterocycles. The van der Waals surface area contributed by atoms with Crippen molar-refractivity contribution in [2.45, 2.75) is 115 Å². The predicted octanol–water partition coefficient (Wildman–Crippen LogP) is -3.31. The van der Waals surface area contributed by atoms with Crippen LogP contribution < -0.4 is 0 Å². The lowest BCUT2D eigenvalue weighted by Gasteiger charge is -2.57. The van der Waals surface area contributed by atoms with E-state index < -0.39 is 145 Å². The first-order valence-electron chi connectivity index (χ1n) is 20.8. The number of ether oxygens (including phenoxy) is 3. The Morgan fingerprint density at radius 3 is 0.953 bits per heavy atom. The van der Waals surface area contributed by atoms with Gasteiger partial charge in [-0.05, 0) is 41.3 Å². The Morgan fingerprint density at radius 2 is 0.672 bits per heavy atom. The molecule has 0 aliphatic carbocycles. The minimum atomic E-state index is -3.54. The summed E-state index contributed by atoms with van der Waals surface area (Å²) in [6, 6.07) is 25.1. The lowest BCUT2D eigenvalue weighted by Crippen LogP contribution is -2.75. The van der Waals surface area contributed by atoms with Crippen molar-refractivity contribution in [2.24, 2.45) is 0 Å². The summed E-state index contributed by atoms with van der Waals surface area (Å²) in [5.41, 5.74) is -11.1. The zero-order chi connectivity index (χ0) is 46.6. The second-order valence-corrected chi connectivity index (χ2v) is 17.2. The highest BCUT2D eigenvalue weighted by Gasteiger charge is 2.71. The quantitative estimate of drug-likeness (QED) is 0.0662. The number of benzene rings is 4. The van der Waals surface area contributed by atoms with Gasteiger partial charge in [-0.25, -0.2) is 0 Å². The van der Waals surface area contributed by atoms with E-state index >= 15 is 0 Å². The monoisotopic (exact) mass is 896 g/mol. The second-order valence-electron chi connectivity index (χ2n) is 17.2. The van der Waals surface area contributed by atoms with Crippen LogP contribution in [0.15, 0.2) is 103 Å². The molecule has 0 amide bonds. The molecule has 15 N–H and O–H groups in total. The van der Waals surface area contributed by atoms with Crippen LogP contribution in [0.3, 0.4) is 0 Å².